The summed E-state index contributed by atoms with van der Waals surface area (Å²) in [4.78, 5) is 20.9. The van der Waals surface area contributed by atoms with Crippen molar-refractivity contribution in [1.29, 1.82) is 0 Å². The summed E-state index contributed by atoms with van der Waals surface area (Å²) in [7, 11) is 0. The van der Waals surface area contributed by atoms with Crippen molar-refractivity contribution >= 4 is 33.1 Å². The molecule has 0 aliphatic carbocycles. The van der Waals surface area contributed by atoms with Gasteiger partial charge in [-0.25, -0.2) is 14.3 Å². The first-order valence-electron chi connectivity index (χ1n) is 7.15. The topological polar surface area (TPSA) is 57.0 Å². The van der Waals surface area contributed by atoms with Crippen LogP contribution in [0.15, 0.2) is 47.5 Å². The molecule has 0 fully saturated rings. The maximum Gasteiger partial charge on any atom is 0.420 e. The van der Waals surface area contributed by atoms with Crippen LogP contribution in [0.1, 0.15) is 20.8 Å². The molecule has 0 radical (unpaired) electrons. The number of nitrogens with zero attached hydrogens (tertiary/aromatic N) is 3. The largest absolute Gasteiger partial charge is 0.443 e. The van der Waals surface area contributed by atoms with E-state index in [2.05, 4.69) is 25.9 Å². The fraction of sp³-hybridized carbons (Fsp3) is 0.235. The van der Waals surface area contributed by atoms with E-state index in [1.54, 1.807) is 24.8 Å². The fourth-order valence-electron chi connectivity index (χ4n) is 2.29. The molecule has 23 heavy (non-hydrogen) atoms. The van der Waals surface area contributed by atoms with Crippen LogP contribution in [0.3, 0.4) is 0 Å². The molecule has 0 N–H and O–H groups in total. The van der Waals surface area contributed by atoms with Gasteiger partial charge in [-0.2, -0.15) is 0 Å². The lowest BCUT2D eigenvalue weighted by Crippen LogP contribution is -2.26. The van der Waals surface area contributed by atoms with Gasteiger partial charge in [0.2, 0.25) is 0 Å². The van der Waals surface area contributed by atoms with Gasteiger partial charge in [-0.3, -0.25) is 4.98 Å². The van der Waals surface area contributed by atoms with E-state index >= 15 is 0 Å². The molecule has 0 amide bonds. The van der Waals surface area contributed by atoms with Crippen LogP contribution in [-0.2, 0) is 4.74 Å². The van der Waals surface area contributed by atoms with E-state index in [4.69, 9.17) is 4.74 Å². The molecule has 3 heterocycles. The van der Waals surface area contributed by atoms with Gasteiger partial charge in [0.1, 0.15) is 11.2 Å². The Balaban J connectivity index is 2.19. The zero-order valence-corrected chi connectivity index (χ0v) is 14.7. The van der Waals surface area contributed by atoms with Crippen LogP contribution < -0.4 is 0 Å². The van der Waals surface area contributed by atoms with Gasteiger partial charge < -0.3 is 4.74 Å². The average Bonchev–Trinajstić information content (AvgIpc) is 2.85. The third kappa shape index (κ3) is 3.27. The number of carbonyl (C=O) groups is 1. The molecule has 3 aromatic heterocycles. The number of carbonyl (C=O) groups excluding carboxylic acids is 1. The minimum atomic E-state index is -0.570. The predicted octanol–water partition coefficient (Wildman–Crippen LogP) is 4.64. The maximum atomic E-state index is 12.5. The van der Waals surface area contributed by atoms with Crippen LogP contribution in [0.4, 0.5) is 4.79 Å². The van der Waals surface area contributed by atoms with Crippen molar-refractivity contribution < 1.29 is 9.53 Å². The molecule has 6 heteroatoms. The van der Waals surface area contributed by atoms with Gasteiger partial charge in [0, 0.05) is 40.2 Å². The van der Waals surface area contributed by atoms with Crippen LogP contribution in [0, 0.1) is 0 Å². The van der Waals surface area contributed by atoms with Crippen molar-refractivity contribution in [3.8, 4) is 11.1 Å². The Bertz CT molecular complexity index is 867. The Kier molecular flexibility index (Phi) is 3.93. The third-order valence-corrected chi connectivity index (χ3v) is 3.63. The van der Waals surface area contributed by atoms with Gasteiger partial charge in [0.25, 0.3) is 0 Å². The van der Waals surface area contributed by atoms with E-state index in [9.17, 15) is 4.79 Å². The van der Waals surface area contributed by atoms with Gasteiger partial charge in [-0.15, -0.1) is 0 Å². The summed E-state index contributed by atoms with van der Waals surface area (Å²) >= 11 is 3.43. The minimum Gasteiger partial charge on any atom is -0.443 e. The molecule has 3 aromatic rings. The second-order valence-corrected chi connectivity index (χ2v) is 7.07. The van der Waals surface area contributed by atoms with Crippen LogP contribution >= 0.6 is 15.9 Å². The first-order chi connectivity index (χ1) is 10.8. The number of fused-ring (bicyclic) bond motifs is 1. The maximum absolute atomic E-state index is 12.5. The molecule has 3 rings (SSSR count). The van der Waals surface area contributed by atoms with Crippen molar-refractivity contribution in [2.75, 3.05) is 0 Å². The van der Waals surface area contributed by atoms with E-state index in [1.165, 1.54) is 4.57 Å². The van der Waals surface area contributed by atoms with E-state index in [1.807, 2.05) is 39.0 Å². The summed E-state index contributed by atoms with van der Waals surface area (Å²) in [6, 6.07) is 5.74. The molecule has 0 bridgehead atoms. The van der Waals surface area contributed by atoms with E-state index in [0.29, 0.717) is 5.65 Å². The Hall–Kier alpha value is -2.21. The van der Waals surface area contributed by atoms with Crippen LogP contribution in [0.25, 0.3) is 22.2 Å². The minimum absolute atomic E-state index is 0.447. The van der Waals surface area contributed by atoms with Crippen LogP contribution in [0.5, 0.6) is 0 Å². The summed E-state index contributed by atoms with van der Waals surface area (Å²) in [5.74, 6) is 0. The SMILES string of the molecule is CC(C)(C)OC(=O)n1cc(-c2ccncc2)c2cc(Br)cnc21. The van der Waals surface area contributed by atoms with Gasteiger partial charge >= 0.3 is 6.09 Å². The zero-order valence-electron chi connectivity index (χ0n) is 13.1. The molecule has 0 saturated carbocycles. The van der Waals surface area contributed by atoms with Crippen molar-refractivity contribution in [3.63, 3.8) is 0 Å². The Labute approximate surface area is 142 Å². The molecular formula is C17H16BrN3O2. The zero-order chi connectivity index (χ0) is 16.6. The highest BCUT2D eigenvalue weighted by Gasteiger charge is 2.22. The van der Waals surface area contributed by atoms with E-state index in [-0.39, 0.29) is 0 Å². The monoisotopic (exact) mass is 373 g/mol. The standard InChI is InChI=1S/C17H16BrN3O2/c1-17(2,3)23-16(22)21-10-14(11-4-6-19-7-5-11)13-8-12(18)9-20-15(13)21/h4-10H,1-3H3. The first-order valence-corrected chi connectivity index (χ1v) is 7.95. The lowest BCUT2D eigenvalue weighted by molar-refractivity contribution is 0.0544. The summed E-state index contributed by atoms with van der Waals surface area (Å²) in [6.45, 7) is 5.51. The fourth-order valence-corrected chi connectivity index (χ4v) is 2.63. The van der Waals surface area contributed by atoms with Crippen LogP contribution in [0.2, 0.25) is 0 Å². The third-order valence-electron chi connectivity index (χ3n) is 3.19. The summed E-state index contributed by atoms with van der Waals surface area (Å²) in [5.41, 5.74) is 1.86. The number of halogens is 1. The lowest BCUT2D eigenvalue weighted by Gasteiger charge is -2.19. The highest BCUT2D eigenvalue weighted by Crippen LogP contribution is 2.31. The summed E-state index contributed by atoms with van der Waals surface area (Å²) in [5, 5.41) is 0.872. The normalized spacial score (nSPS) is 11.7. The molecule has 0 aromatic carbocycles. The van der Waals surface area contributed by atoms with Gasteiger partial charge in [0.15, 0.2) is 0 Å². The Morgan fingerprint density at radius 3 is 2.61 bits per heavy atom. The Morgan fingerprint density at radius 1 is 1.26 bits per heavy atom. The summed E-state index contributed by atoms with van der Waals surface area (Å²) < 4.78 is 7.77. The molecule has 0 unspecified atom stereocenters. The number of hydrogen-bond donors (Lipinski definition) is 0. The number of rotatable bonds is 1. The number of pyridine rings is 2. The van der Waals surface area contributed by atoms with Crippen molar-refractivity contribution in [3.05, 3.63) is 47.5 Å². The highest BCUT2D eigenvalue weighted by atomic mass is 79.9. The smallest absolute Gasteiger partial charge is 0.420 e. The van der Waals surface area contributed by atoms with Crippen molar-refractivity contribution in [1.82, 2.24) is 14.5 Å². The molecule has 0 atom stereocenters. The summed E-state index contributed by atoms with van der Waals surface area (Å²) in [6.07, 6.45) is 6.42. The molecular weight excluding hydrogens is 358 g/mol. The average molecular weight is 374 g/mol. The van der Waals surface area contributed by atoms with E-state index < -0.39 is 11.7 Å². The molecule has 118 valence electrons. The number of aromatic nitrogens is 3. The second-order valence-electron chi connectivity index (χ2n) is 6.15. The number of ether oxygens (including phenoxy) is 1. The van der Waals surface area contributed by atoms with Gasteiger partial charge in [-0.05, 0) is 60.5 Å². The second kappa shape index (κ2) is 5.77. The highest BCUT2D eigenvalue weighted by molar-refractivity contribution is 9.10. The quantitative estimate of drug-likeness (QED) is 0.623. The molecule has 0 saturated heterocycles. The predicted molar refractivity (Wildman–Crippen MR) is 92.3 cm³/mol. The molecule has 0 aliphatic heterocycles. The van der Waals surface area contributed by atoms with Crippen molar-refractivity contribution in [2.24, 2.45) is 0 Å². The van der Waals surface area contributed by atoms with E-state index in [0.717, 1.165) is 21.0 Å². The van der Waals surface area contributed by atoms with Gasteiger partial charge in [-0.1, -0.05) is 0 Å². The molecule has 5 nitrogen and oxygen atoms in total. The molecule has 0 spiro atoms. The lowest BCUT2D eigenvalue weighted by atomic mass is 10.1. The number of hydrogen-bond acceptors (Lipinski definition) is 4. The first kappa shape index (κ1) is 15.7. The van der Waals surface area contributed by atoms with Crippen LogP contribution in [-0.4, -0.2) is 26.2 Å². The molecule has 0 aliphatic rings. The van der Waals surface area contributed by atoms with Crippen molar-refractivity contribution in [2.45, 2.75) is 26.4 Å². The Morgan fingerprint density at radius 2 is 1.96 bits per heavy atom. The van der Waals surface area contributed by atoms with Gasteiger partial charge in [0.05, 0.1) is 0 Å².